The molecule has 0 saturated carbocycles. The first-order valence-corrected chi connectivity index (χ1v) is 9.65. The van der Waals surface area contributed by atoms with Crippen LogP contribution in [0.4, 0.5) is 5.69 Å². The third-order valence-electron chi connectivity index (χ3n) is 4.89. The minimum absolute atomic E-state index is 0.0677. The number of rotatable bonds is 4. The second kappa shape index (κ2) is 8.17. The van der Waals surface area contributed by atoms with Crippen LogP contribution in [0.1, 0.15) is 15.9 Å². The van der Waals surface area contributed by atoms with Crippen molar-refractivity contribution in [3.63, 3.8) is 0 Å². The van der Waals surface area contributed by atoms with Crippen LogP contribution < -0.4 is 10.9 Å². The van der Waals surface area contributed by atoms with Crippen LogP contribution in [0, 0.1) is 6.92 Å². The zero-order valence-electron chi connectivity index (χ0n) is 16.8. The molecule has 0 bridgehead atoms. The molecule has 148 valence electrons. The van der Waals surface area contributed by atoms with Crippen LogP contribution in [0.5, 0.6) is 0 Å². The zero-order chi connectivity index (χ0) is 21.1. The quantitative estimate of drug-likeness (QED) is 0.546. The van der Waals surface area contributed by atoms with Gasteiger partial charge in [-0.15, -0.1) is 0 Å². The van der Waals surface area contributed by atoms with E-state index in [1.807, 2.05) is 91.9 Å². The van der Waals surface area contributed by atoms with Crippen molar-refractivity contribution in [3.05, 3.63) is 106 Å². The summed E-state index contributed by atoms with van der Waals surface area (Å²) in [5.74, 6) is -0.460. The first-order chi connectivity index (χ1) is 14.5. The van der Waals surface area contributed by atoms with Crippen molar-refractivity contribution in [1.82, 2.24) is 9.78 Å². The molecule has 1 N–H and O–H groups in total. The molecule has 1 heterocycles. The van der Waals surface area contributed by atoms with Gasteiger partial charge in [0.1, 0.15) is 5.56 Å². The number of carbonyl (C=O) groups is 1. The molecule has 1 aromatic heterocycles. The number of carbonyl (C=O) groups excluding carboxylic acids is 1. The van der Waals surface area contributed by atoms with Crippen molar-refractivity contribution in [2.24, 2.45) is 7.05 Å². The first kappa shape index (κ1) is 19.3. The lowest BCUT2D eigenvalue weighted by Gasteiger charge is -2.16. The summed E-state index contributed by atoms with van der Waals surface area (Å²) in [6, 6.07) is 26.4. The Morgan fingerprint density at radius 2 is 1.40 bits per heavy atom. The fourth-order valence-corrected chi connectivity index (χ4v) is 3.36. The maximum absolute atomic E-state index is 13.3. The molecule has 0 aliphatic rings. The van der Waals surface area contributed by atoms with Gasteiger partial charge in [0.05, 0.1) is 5.69 Å². The number of nitrogens with zero attached hydrogens (tertiary/aromatic N) is 2. The molecule has 5 nitrogen and oxygen atoms in total. The monoisotopic (exact) mass is 395 g/mol. The van der Waals surface area contributed by atoms with Crippen LogP contribution in [-0.2, 0) is 7.05 Å². The van der Waals surface area contributed by atoms with Crippen LogP contribution in [0.2, 0.25) is 0 Å². The predicted octanol–water partition coefficient (Wildman–Crippen LogP) is 4.68. The van der Waals surface area contributed by atoms with Gasteiger partial charge in [-0.1, -0.05) is 78.4 Å². The van der Waals surface area contributed by atoms with Gasteiger partial charge >= 0.3 is 0 Å². The standard InChI is InChI=1S/C25H21N3O2/c1-17-13-15-20(16-14-17)26-24(29)22-21(18-9-5-3-6-10-18)23(27-28(2)25(22)30)19-11-7-4-8-12-19/h3-16H,1-2H3,(H,26,29). The number of aromatic nitrogens is 2. The van der Waals surface area contributed by atoms with E-state index in [2.05, 4.69) is 10.4 Å². The van der Waals surface area contributed by atoms with E-state index in [0.29, 0.717) is 16.9 Å². The van der Waals surface area contributed by atoms with Gasteiger partial charge in [-0.05, 0) is 24.6 Å². The summed E-state index contributed by atoms with van der Waals surface area (Å²) in [7, 11) is 1.56. The average molecular weight is 395 g/mol. The number of nitrogens with one attached hydrogen (secondary N) is 1. The number of hydrogen-bond donors (Lipinski definition) is 1. The van der Waals surface area contributed by atoms with Crippen molar-refractivity contribution in [3.8, 4) is 22.4 Å². The van der Waals surface area contributed by atoms with E-state index in [1.54, 1.807) is 7.05 Å². The lowest BCUT2D eigenvalue weighted by atomic mass is 9.95. The number of benzene rings is 3. The molecule has 30 heavy (non-hydrogen) atoms. The molecule has 0 atom stereocenters. The van der Waals surface area contributed by atoms with E-state index < -0.39 is 11.5 Å². The van der Waals surface area contributed by atoms with Crippen LogP contribution in [0.15, 0.2) is 89.7 Å². The van der Waals surface area contributed by atoms with Crippen molar-refractivity contribution in [2.45, 2.75) is 6.92 Å². The number of amides is 1. The highest BCUT2D eigenvalue weighted by molar-refractivity contribution is 6.10. The molecule has 0 spiro atoms. The van der Waals surface area contributed by atoms with Gasteiger partial charge in [-0.3, -0.25) is 9.59 Å². The van der Waals surface area contributed by atoms with Crippen LogP contribution in [-0.4, -0.2) is 15.7 Å². The Balaban J connectivity index is 1.94. The van der Waals surface area contributed by atoms with Gasteiger partial charge in [0.2, 0.25) is 0 Å². The summed E-state index contributed by atoms with van der Waals surface area (Å²) in [6.45, 7) is 1.98. The van der Waals surface area contributed by atoms with Crippen molar-refractivity contribution in [1.29, 1.82) is 0 Å². The number of anilines is 1. The Morgan fingerprint density at radius 1 is 0.833 bits per heavy atom. The Labute approximate surface area is 174 Å². The summed E-state index contributed by atoms with van der Waals surface area (Å²) in [6.07, 6.45) is 0. The molecule has 4 rings (SSSR count). The minimum Gasteiger partial charge on any atom is -0.322 e. The average Bonchev–Trinajstić information content (AvgIpc) is 2.78. The fraction of sp³-hybridized carbons (Fsp3) is 0.0800. The molecule has 3 aromatic carbocycles. The first-order valence-electron chi connectivity index (χ1n) is 9.65. The molecule has 0 aliphatic carbocycles. The molecule has 0 aliphatic heterocycles. The molecular weight excluding hydrogens is 374 g/mol. The normalized spacial score (nSPS) is 10.6. The minimum atomic E-state index is -0.460. The van der Waals surface area contributed by atoms with E-state index in [-0.39, 0.29) is 5.56 Å². The second-order valence-electron chi connectivity index (χ2n) is 7.08. The Bertz CT molecular complexity index is 1250. The van der Waals surface area contributed by atoms with Crippen LogP contribution in [0.25, 0.3) is 22.4 Å². The molecule has 1 amide bonds. The van der Waals surface area contributed by atoms with Crippen molar-refractivity contribution in [2.75, 3.05) is 5.32 Å². The summed E-state index contributed by atoms with van der Waals surface area (Å²) in [4.78, 5) is 26.4. The van der Waals surface area contributed by atoms with E-state index in [4.69, 9.17) is 0 Å². The van der Waals surface area contributed by atoms with Gasteiger partial charge < -0.3 is 5.32 Å². The number of aryl methyl sites for hydroxylation is 2. The second-order valence-corrected chi connectivity index (χ2v) is 7.08. The fourth-order valence-electron chi connectivity index (χ4n) is 3.36. The molecular formula is C25H21N3O2. The SMILES string of the molecule is Cc1ccc(NC(=O)c2c(-c3ccccc3)c(-c3ccccc3)nn(C)c2=O)cc1. The summed E-state index contributed by atoms with van der Waals surface area (Å²) in [5, 5.41) is 7.37. The van der Waals surface area contributed by atoms with Gasteiger partial charge in [0, 0.05) is 23.9 Å². The third-order valence-corrected chi connectivity index (χ3v) is 4.89. The Morgan fingerprint density at radius 3 is 2.00 bits per heavy atom. The van der Waals surface area contributed by atoms with Crippen LogP contribution >= 0.6 is 0 Å². The van der Waals surface area contributed by atoms with Crippen molar-refractivity contribution >= 4 is 11.6 Å². The summed E-state index contributed by atoms with van der Waals surface area (Å²) in [5.41, 5.74) is 4.03. The highest BCUT2D eigenvalue weighted by atomic mass is 16.2. The molecule has 0 saturated heterocycles. The van der Waals surface area contributed by atoms with Crippen molar-refractivity contribution < 1.29 is 4.79 Å². The van der Waals surface area contributed by atoms with Gasteiger partial charge in [0.15, 0.2) is 0 Å². The van der Waals surface area contributed by atoms with E-state index in [0.717, 1.165) is 16.7 Å². The molecule has 0 fully saturated rings. The maximum atomic E-state index is 13.3. The van der Waals surface area contributed by atoms with Gasteiger partial charge in [-0.2, -0.15) is 5.10 Å². The van der Waals surface area contributed by atoms with Gasteiger partial charge in [0.25, 0.3) is 11.5 Å². The number of hydrogen-bond acceptors (Lipinski definition) is 3. The summed E-state index contributed by atoms with van der Waals surface area (Å²) >= 11 is 0. The molecule has 5 heteroatoms. The lowest BCUT2D eigenvalue weighted by Crippen LogP contribution is -2.31. The molecule has 0 radical (unpaired) electrons. The highest BCUT2D eigenvalue weighted by Gasteiger charge is 2.24. The molecule has 0 unspecified atom stereocenters. The topological polar surface area (TPSA) is 64.0 Å². The highest BCUT2D eigenvalue weighted by Crippen LogP contribution is 2.32. The lowest BCUT2D eigenvalue weighted by molar-refractivity contribution is 0.102. The van der Waals surface area contributed by atoms with Gasteiger partial charge in [-0.25, -0.2) is 4.68 Å². The van der Waals surface area contributed by atoms with E-state index in [1.165, 1.54) is 4.68 Å². The smallest absolute Gasteiger partial charge is 0.280 e. The third kappa shape index (κ3) is 3.78. The maximum Gasteiger partial charge on any atom is 0.280 e. The zero-order valence-corrected chi connectivity index (χ0v) is 16.8. The van der Waals surface area contributed by atoms with Crippen LogP contribution in [0.3, 0.4) is 0 Å². The molecule has 4 aromatic rings. The Hall–Kier alpha value is -3.99. The summed E-state index contributed by atoms with van der Waals surface area (Å²) < 4.78 is 1.22. The van der Waals surface area contributed by atoms with E-state index >= 15 is 0 Å². The predicted molar refractivity (Wildman–Crippen MR) is 119 cm³/mol. The largest absolute Gasteiger partial charge is 0.322 e. The van der Waals surface area contributed by atoms with E-state index in [9.17, 15) is 9.59 Å². The Kier molecular flexibility index (Phi) is 5.26.